The first-order chi connectivity index (χ1) is 4.93. The molecule has 0 saturated heterocycles. The SMILES string of the molecule is C1C2=C1C1CC2C2CC1C2. The molecule has 5 aliphatic rings. The second-order valence-electron chi connectivity index (χ2n) is 4.67. The smallest absolute Gasteiger partial charge is 0.00969 e. The van der Waals surface area contributed by atoms with Crippen molar-refractivity contribution in [3.63, 3.8) is 0 Å². The molecule has 10 heavy (non-hydrogen) atoms. The fourth-order valence-electron chi connectivity index (χ4n) is 3.78. The van der Waals surface area contributed by atoms with Crippen molar-refractivity contribution in [2.45, 2.75) is 25.7 Å². The standard InChI is InChI=1S/C10H12/c1-5-2-6(1)8-3-7(5)9-4-10(8)9/h5-8H,1-4H2. The molecule has 0 spiro atoms. The molecule has 0 aromatic rings. The van der Waals surface area contributed by atoms with Crippen LogP contribution in [0, 0.1) is 23.7 Å². The van der Waals surface area contributed by atoms with Gasteiger partial charge in [0.05, 0.1) is 0 Å². The second-order valence-corrected chi connectivity index (χ2v) is 4.67. The average molecular weight is 132 g/mol. The molecule has 2 atom stereocenters. The van der Waals surface area contributed by atoms with Crippen molar-refractivity contribution < 1.29 is 0 Å². The van der Waals surface area contributed by atoms with E-state index < -0.39 is 0 Å². The Kier molecular flexibility index (Phi) is 0.508. The molecule has 0 N–H and O–H groups in total. The van der Waals surface area contributed by atoms with Gasteiger partial charge in [0.1, 0.15) is 0 Å². The first kappa shape index (κ1) is 4.58. The van der Waals surface area contributed by atoms with E-state index in [9.17, 15) is 0 Å². The fraction of sp³-hybridized carbons (Fsp3) is 0.800. The quantitative estimate of drug-likeness (QED) is 0.444. The largest absolute Gasteiger partial charge is 0.0629 e. The van der Waals surface area contributed by atoms with Gasteiger partial charge in [0, 0.05) is 0 Å². The van der Waals surface area contributed by atoms with Gasteiger partial charge in [-0.2, -0.15) is 0 Å². The van der Waals surface area contributed by atoms with E-state index in [1.54, 1.807) is 19.3 Å². The average Bonchev–Trinajstić information content (AvgIpc) is 2.57. The fourth-order valence-corrected chi connectivity index (χ4v) is 3.78. The van der Waals surface area contributed by atoms with Crippen LogP contribution in [0.15, 0.2) is 11.1 Å². The second kappa shape index (κ2) is 1.11. The highest BCUT2D eigenvalue weighted by Gasteiger charge is 2.57. The molecule has 0 nitrogen and oxygen atoms in total. The van der Waals surface area contributed by atoms with Gasteiger partial charge in [-0.3, -0.25) is 0 Å². The molecule has 0 heteroatoms. The summed E-state index contributed by atoms with van der Waals surface area (Å²) in [5.41, 5.74) is 3.85. The third-order valence-corrected chi connectivity index (χ3v) is 4.42. The number of rotatable bonds is 0. The van der Waals surface area contributed by atoms with E-state index >= 15 is 0 Å². The Bertz CT molecular complexity index is 221. The van der Waals surface area contributed by atoms with Crippen LogP contribution in [0.2, 0.25) is 0 Å². The molecule has 0 amide bonds. The molecular weight excluding hydrogens is 120 g/mol. The summed E-state index contributed by atoms with van der Waals surface area (Å²) in [6.07, 6.45) is 6.26. The Labute approximate surface area is 61.3 Å². The van der Waals surface area contributed by atoms with Gasteiger partial charge in [0.15, 0.2) is 0 Å². The predicted octanol–water partition coefficient (Wildman–Crippen LogP) is 2.36. The number of hydrogen-bond acceptors (Lipinski definition) is 0. The summed E-state index contributed by atoms with van der Waals surface area (Å²) in [5.74, 6) is 4.56. The summed E-state index contributed by atoms with van der Waals surface area (Å²) in [4.78, 5) is 0. The summed E-state index contributed by atoms with van der Waals surface area (Å²) in [5, 5.41) is 0. The molecule has 3 saturated carbocycles. The van der Waals surface area contributed by atoms with Gasteiger partial charge in [-0.05, 0) is 49.4 Å². The molecule has 4 bridgehead atoms. The van der Waals surface area contributed by atoms with E-state index in [0.29, 0.717) is 0 Å². The zero-order chi connectivity index (χ0) is 6.29. The molecule has 3 fully saturated rings. The van der Waals surface area contributed by atoms with Crippen molar-refractivity contribution in [1.82, 2.24) is 0 Å². The molecule has 0 aliphatic heterocycles. The minimum atomic E-state index is 1.12. The van der Waals surface area contributed by atoms with Gasteiger partial charge in [-0.25, -0.2) is 0 Å². The zero-order valence-corrected chi connectivity index (χ0v) is 6.14. The van der Waals surface area contributed by atoms with Gasteiger partial charge >= 0.3 is 0 Å². The van der Waals surface area contributed by atoms with E-state index in [0.717, 1.165) is 23.7 Å². The minimum Gasteiger partial charge on any atom is -0.0629 e. The maximum Gasteiger partial charge on any atom is -0.00969 e. The highest BCUT2D eigenvalue weighted by molar-refractivity contribution is 5.47. The van der Waals surface area contributed by atoms with Crippen LogP contribution in [0.1, 0.15) is 25.7 Å². The summed E-state index contributed by atoms with van der Waals surface area (Å²) in [6, 6.07) is 0. The predicted molar refractivity (Wildman–Crippen MR) is 39.5 cm³/mol. The van der Waals surface area contributed by atoms with E-state index in [1.165, 1.54) is 6.42 Å². The van der Waals surface area contributed by atoms with Crippen LogP contribution < -0.4 is 0 Å². The van der Waals surface area contributed by atoms with Crippen LogP contribution in [0.5, 0.6) is 0 Å². The lowest BCUT2D eigenvalue weighted by Crippen LogP contribution is -2.40. The molecule has 5 aliphatic carbocycles. The normalized spacial score (nSPS) is 60.0. The van der Waals surface area contributed by atoms with E-state index in [1.807, 2.05) is 11.1 Å². The Morgan fingerprint density at radius 1 is 0.800 bits per heavy atom. The van der Waals surface area contributed by atoms with Crippen molar-refractivity contribution >= 4 is 0 Å². The molecule has 2 unspecified atom stereocenters. The summed E-state index contributed by atoms with van der Waals surface area (Å²) in [6.45, 7) is 0. The highest BCUT2D eigenvalue weighted by atomic mass is 14.6. The lowest BCUT2D eigenvalue weighted by molar-refractivity contribution is 0.0376. The summed E-state index contributed by atoms with van der Waals surface area (Å²) >= 11 is 0. The van der Waals surface area contributed by atoms with Crippen molar-refractivity contribution in [3.8, 4) is 0 Å². The monoisotopic (exact) mass is 132 g/mol. The van der Waals surface area contributed by atoms with Crippen LogP contribution in [0.25, 0.3) is 0 Å². The number of hydrogen-bond donors (Lipinski definition) is 0. The Morgan fingerprint density at radius 2 is 1.40 bits per heavy atom. The Hall–Kier alpha value is -0.260. The van der Waals surface area contributed by atoms with Gasteiger partial charge < -0.3 is 0 Å². The minimum absolute atomic E-state index is 1.12. The van der Waals surface area contributed by atoms with E-state index in [-0.39, 0.29) is 0 Å². The van der Waals surface area contributed by atoms with E-state index in [2.05, 4.69) is 0 Å². The zero-order valence-electron chi connectivity index (χ0n) is 6.14. The summed E-state index contributed by atoms with van der Waals surface area (Å²) < 4.78 is 0. The van der Waals surface area contributed by atoms with Crippen molar-refractivity contribution in [2.75, 3.05) is 0 Å². The Balaban J connectivity index is 1.91. The molecular formula is C10H12. The van der Waals surface area contributed by atoms with Crippen LogP contribution in [0.4, 0.5) is 0 Å². The summed E-state index contributed by atoms with van der Waals surface area (Å²) in [7, 11) is 0. The molecule has 0 radical (unpaired) electrons. The maximum absolute atomic E-state index is 1.93. The number of allylic oxidation sites excluding steroid dienone is 2. The van der Waals surface area contributed by atoms with Gasteiger partial charge in [-0.15, -0.1) is 0 Å². The molecule has 0 heterocycles. The lowest BCUT2D eigenvalue weighted by Gasteiger charge is -2.49. The van der Waals surface area contributed by atoms with Gasteiger partial charge in [-0.1, -0.05) is 11.1 Å². The van der Waals surface area contributed by atoms with Crippen molar-refractivity contribution in [3.05, 3.63) is 11.1 Å². The lowest BCUT2D eigenvalue weighted by atomic mass is 9.56. The van der Waals surface area contributed by atoms with Crippen molar-refractivity contribution in [2.24, 2.45) is 23.7 Å². The third-order valence-electron chi connectivity index (χ3n) is 4.42. The van der Waals surface area contributed by atoms with Gasteiger partial charge in [0.2, 0.25) is 0 Å². The Morgan fingerprint density at radius 3 is 1.90 bits per heavy atom. The van der Waals surface area contributed by atoms with Gasteiger partial charge in [0.25, 0.3) is 0 Å². The van der Waals surface area contributed by atoms with Crippen LogP contribution >= 0.6 is 0 Å². The van der Waals surface area contributed by atoms with Crippen LogP contribution in [0.3, 0.4) is 0 Å². The molecule has 0 aromatic carbocycles. The first-order valence-electron chi connectivity index (χ1n) is 4.65. The van der Waals surface area contributed by atoms with Crippen molar-refractivity contribution in [1.29, 1.82) is 0 Å². The van der Waals surface area contributed by atoms with Crippen LogP contribution in [-0.4, -0.2) is 0 Å². The maximum atomic E-state index is 1.93. The first-order valence-corrected chi connectivity index (χ1v) is 4.65. The molecule has 5 rings (SSSR count). The van der Waals surface area contributed by atoms with Crippen LogP contribution in [-0.2, 0) is 0 Å². The topological polar surface area (TPSA) is 0 Å². The van der Waals surface area contributed by atoms with E-state index in [4.69, 9.17) is 0 Å². The molecule has 52 valence electrons. The third kappa shape index (κ3) is 0.309. The highest BCUT2D eigenvalue weighted by Crippen LogP contribution is 2.68. The molecule has 0 aromatic heterocycles.